The Morgan fingerprint density at radius 1 is 1.24 bits per heavy atom. The Balaban J connectivity index is 1.40. The highest BCUT2D eigenvalue weighted by Crippen LogP contribution is 2.41. The summed E-state index contributed by atoms with van der Waals surface area (Å²) < 4.78 is 74.1. The van der Waals surface area contributed by atoms with Crippen molar-refractivity contribution in [1.29, 1.82) is 0 Å². The zero-order valence-corrected chi connectivity index (χ0v) is 22.5. The molecular formula is C27H31F5N6O3. The fourth-order valence-electron chi connectivity index (χ4n) is 5.66. The molecule has 2 fully saturated rings. The lowest BCUT2D eigenvalue weighted by Gasteiger charge is -2.33. The van der Waals surface area contributed by atoms with E-state index in [0.717, 1.165) is 0 Å². The predicted octanol–water partition coefficient (Wildman–Crippen LogP) is 4.99. The number of rotatable bonds is 7. The van der Waals surface area contributed by atoms with Gasteiger partial charge in [-0.15, -0.1) is 0 Å². The van der Waals surface area contributed by atoms with E-state index in [9.17, 15) is 31.5 Å². The molecule has 1 saturated carbocycles. The minimum atomic E-state index is -4.41. The molecule has 1 aliphatic heterocycles. The van der Waals surface area contributed by atoms with Crippen LogP contribution < -0.4 is 10.6 Å². The third kappa shape index (κ3) is 6.35. The van der Waals surface area contributed by atoms with E-state index in [-0.39, 0.29) is 55.9 Å². The standard InChI is InChI=1S/C27H31F5N6O3/c1-14(2)22-19(13-41-37-22)25(40)35-23(15-5-7-26(28,29)8-6-15)20-12-38-21(34-20)4-3-18(36-38)10-16-9-17(27(30,31)32)11-33-24(16)39/h3-4,12-17,23H,5-11H2,1-2H3,(H,33,39)(H,35,40)/t16?,17-,23+/m1/s1. The van der Waals surface area contributed by atoms with Crippen molar-refractivity contribution < 1.29 is 36.1 Å². The third-order valence-corrected chi connectivity index (χ3v) is 8.00. The van der Waals surface area contributed by atoms with Crippen molar-refractivity contribution in [2.45, 2.75) is 76.4 Å². The van der Waals surface area contributed by atoms with Crippen LogP contribution in [0.4, 0.5) is 22.0 Å². The number of imidazole rings is 1. The molecule has 1 saturated heterocycles. The van der Waals surface area contributed by atoms with E-state index in [1.165, 1.54) is 10.8 Å². The van der Waals surface area contributed by atoms with Crippen molar-refractivity contribution in [3.8, 4) is 0 Å². The molecule has 9 nitrogen and oxygen atoms in total. The number of piperidine rings is 1. The number of fused-ring (bicyclic) bond motifs is 1. The van der Waals surface area contributed by atoms with Crippen LogP contribution in [0.3, 0.4) is 0 Å². The molecule has 4 heterocycles. The average Bonchev–Trinajstić information content (AvgIpc) is 3.55. The SMILES string of the molecule is CC(C)c1nocc1C(=O)N[C@H](c1cn2nc(CC3C[C@@H](C(F)(F)F)CNC3=O)ccc2n1)C1CCC(F)(F)CC1. The molecule has 2 aliphatic rings. The predicted molar refractivity (Wildman–Crippen MR) is 135 cm³/mol. The number of carbonyl (C=O) groups is 2. The molecule has 3 aromatic rings. The first-order valence-corrected chi connectivity index (χ1v) is 13.6. The van der Waals surface area contributed by atoms with Crippen molar-refractivity contribution in [1.82, 2.24) is 30.4 Å². The van der Waals surface area contributed by atoms with Crippen LogP contribution >= 0.6 is 0 Å². The summed E-state index contributed by atoms with van der Waals surface area (Å²) in [4.78, 5) is 30.2. The highest BCUT2D eigenvalue weighted by atomic mass is 19.4. The van der Waals surface area contributed by atoms with Gasteiger partial charge in [0, 0.05) is 31.7 Å². The fourth-order valence-corrected chi connectivity index (χ4v) is 5.66. The van der Waals surface area contributed by atoms with Gasteiger partial charge >= 0.3 is 6.18 Å². The summed E-state index contributed by atoms with van der Waals surface area (Å²) in [5.41, 5.74) is 1.93. The molecule has 3 atom stereocenters. The first kappa shape index (κ1) is 28.9. The van der Waals surface area contributed by atoms with Crippen LogP contribution in [0.15, 0.2) is 29.1 Å². The Labute approximate surface area is 232 Å². The molecule has 1 unspecified atom stereocenters. The molecule has 0 radical (unpaired) electrons. The molecule has 222 valence electrons. The van der Waals surface area contributed by atoms with Gasteiger partial charge in [0.2, 0.25) is 11.8 Å². The second kappa shape index (κ2) is 11.0. The number of alkyl halides is 5. The van der Waals surface area contributed by atoms with Gasteiger partial charge in [0.15, 0.2) is 5.65 Å². The maximum atomic E-state index is 14.0. The number of nitrogens with one attached hydrogen (secondary N) is 2. The molecule has 5 rings (SSSR count). The van der Waals surface area contributed by atoms with E-state index in [4.69, 9.17) is 4.52 Å². The van der Waals surface area contributed by atoms with Crippen molar-refractivity contribution in [3.05, 3.63) is 47.2 Å². The molecule has 0 bridgehead atoms. The van der Waals surface area contributed by atoms with Gasteiger partial charge in [-0.3, -0.25) is 9.59 Å². The number of aromatic nitrogens is 4. The lowest BCUT2D eigenvalue weighted by Crippen LogP contribution is -2.47. The van der Waals surface area contributed by atoms with Crippen molar-refractivity contribution in [2.75, 3.05) is 6.54 Å². The lowest BCUT2D eigenvalue weighted by atomic mass is 9.81. The summed E-state index contributed by atoms with van der Waals surface area (Å²) in [6.45, 7) is 3.28. The van der Waals surface area contributed by atoms with Gasteiger partial charge < -0.3 is 15.2 Å². The highest BCUT2D eigenvalue weighted by Gasteiger charge is 2.45. The number of amides is 2. The van der Waals surface area contributed by atoms with E-state index in [1.54, 1.807) is 18.3 Å². The monoisotopic (exact) mass is 582 g/mol. The molecule has 2 amide bonds. The first-order valence-electron chi connectivity index (χ1n) is 13.6. The Morgan fingerprint density at radius 2 is 1.98 bits per heavy atom. The van der Waals surface area contributed by atoms with E-state index in [0.29, 0.717) is 22.7 Å². The van der Waals surface area contributed by atoms with Crippen molar-refractivity contribution >= 4 is 17.5 Å². The van der Waals surface area contributed by atoms with Gasteiger partial charge in [0.1, 0.15) is 11.8 Å². The Bertz CT molecular complexity index is 1410. The van der Waals surface area contributed by atoms with Gasteiger partial charge in [0.25, 0.3) is 5.91 Å². The highest BCUT2D eigenvalue weighted by molar-refractivity contribution is 5.95. The van der Waals surface area contributed by atoms with Crippen LogP contribution in [-0.4, -0.2) is 50.2 Å². The van der Waals surface area contributed by atoms with Gasteiger partial charge in [-0.2, -0.15) is 18.3 Å². The second-order valence-corrected chi connectivity index (χ2v) is 11.3. The summed E-state index contributed by atoms with van der Waals surface area (Å²) in [6.07, 6.45) is -2.19. The summed E-state index contributed by atoms with van der Waals surface area (Å²) in [5.74, 6) is -6.61. The van der Waals surface area contributed by atoms with Crippen LogP contribution in [0.25, 0.3) is 5.65 Å². The zero-order chi connectivity index (χ0) is 29.5. The van der Waals surface area contributed by atoms with Crippen LogP contribution in [0.2, 0.25) is 0 Å². The van der Waals surface area contributed by atoms with E-state index in [1.807, 2.05) is 13.8 Å². The molecule has 0 aromatic carbocycles. The molecule has 1 aliphatic carbocycles. The molecular weight excluding hydrogens is 551 g/mol. The molecule has 3 aromatic heterocycles. The largest absolute Gasteiger partial charge is 0.393 e. The van der Waals surface area contributed by atoms with E-state index >= 15 is 0 Å². The number of nitrogens with zero attached hydrogens (tertiary/aromatic N) is 4. The summed E-state index contributed by atoms with van der Waals surface area (Å²) >= 11 is 0. The van der Waals surface area contributed by atoms with Gasteiger partial charge in [0.05, 0.1) is 35.2 Å². The summed E-state index contributed by atoms with van der Waals surface area (Å²) in [6, 6.07) is 2.51. The first-order chi connectivity index (χ1) is 19.3. The normalized spacial score (nSPS) is 22.6. The lowest BCUT2D eigenvalue weighted by molar-refractivity contribution is -0.183. The van der Waals surface area contributed by atoms with Crippen molar-refractivity contribution in [2.24, 2.45) is 17.8 Å². The molecule has 0 spiro atoms. The smallest absolute Gasteiger partial charge is 0.364 e. The summed E-state index contributed by atoms with van der Waals surface area (Å²) in [7, 11) is 0. The number of carbonyl (C=O) groups excluding carboxylic acids is 2. The van der Waals surface area contributed by atoms with Crippen LogP contribution in [0.1, 0.15) is 85.4 Å². The van der Waals surface area contributed by atoms with Crippen LogP contribution in [-0.2, 0) is 11.2 Å². The Morgan fingerprint density at radius 3 is 2.66 bits per heavy atom. The van der Waals surface area contributed by atoms with Gasteiger partial charge in [-0.05, 0) is 43.2 Å². The van der Waals surface area contributed by atoms with Gasteiger partial charge in [-0.1, -0.05) is 19.0 Å². The maximum Gasteiger partial charge on any atom is 0.393 e. The molecule has 14 heteroatoms. The van der Waals surface area contributed by atoms with E-state index < -0.39 is 48.3 Å². The molecule has 2 N–H and O–H groups in total. The number of halogens is 5. The fraction of sp³-hybridized carbons (Fsp3) is 0.593. The van der Waals surface area contributed by atoms with Crippen LogP contribution in [0, 0.1) is 17.8 Å². The minimum absolute atomic E-state index is 0.00517. The minimum Gasteiger partial charge on any atom is -0.364 e. The maximum absolute atomic E-state index is 14.0. The number of hydrogen-bond donors (Lipinski definition) is 2. The van der Waals surface area contributed by atoms with Crippen LogP contribution in [0.5, 0.6) is 0 Å². The quantitative estimate of drug-likeness (QED) is 0.380. The third-order valence-electron chi connectivity index (χ3n) is 8.00. The molecule has 41 heavy (non-hydrogen) atoms. The Kier molecular flexibility index (Phi) is 7.77. The zero-order valence-electron chi connectivity index (χ0n) is 22.5. The topological polar surface area (TPSA) is 114 Å². The second-order valence-electron chi connectivity index (χ2n) is 11.3. The number of hydrogen-bond acceptors (Lipinski definition) is 6. The average molecular weight is 583 g/mol. The Hall–Kier alpha value is -3.58. The summed E-state index contributed by atoms with van der Waals surface area (Å²) in [5, 5.41) is 13.7. The van der Waals surface area contributed by atoms with Gasteiger partial charge in [-0.25, -0.2) is 18.3 Å². The van der Waals surface area contributed by atoms with E-state index in [2.05, 4.69) is 25.9 Å². The van der Waals surface area contributed by atoms with Crippen molar-refractivity contribution in [3.63, 3.8) is 0 Å².